The minimum atomic E-state index is -0.593. The van der Waals surface area contributed by atoms with Crippen molar-refractivity contribution in [2.75, 3.05) is 18.0 Å². The first-order chi connectivity index (χ1) is 13.3. The number of anilines is 1. The molecule has 8 nitrogen and oxygen atoms in total. The quantitative estimate of drug-likeness (QED) is 0.757. The van der Waals surface area contributed by atoms with Gasteiger partial charge in [-0.2, -0.15) is 0 Å². The molecule has 1 aliphatic heterocycles. The average Bonchev–Trinajstić information content (AvgIpc) is 3.24. The Labute approximate surface area is 164 Å². The second-order valence-corrected chi connectivity index (χ2v) is 7.48. The summed E-state index contributed by atoms with van der Waals surface area (Å²) in [7, 11) is 0. The lowest BCUT2D eigenvalue weighted by Crippen LogP contribution is -2.33. The van der Waals surface area contributed by atoms with Gasteiger partial charge in [0.05, 0.1) is 18.8 Å². The number of rotatable bonds is 7. The van der Waals surface area contributed by atoms with Crippen LogP contribution in [0.1, 0.15) is 25.3 Å². The number of amides is 2. The zero-order valence-corrected chi connectivity index (χ0v) is 16.2. The molecule has 1 N–H and O–H groups in total. The lowest BCUT2D eigenvalue weighted by Gasteiger charge is -2.14. The molecule has 2 amide bonds. The summed E-state index contributed by atoms with van der Waals surface area (Å²) in [5, 5.41) is 11.7. The number of cyclic esters (lactones) is 1. The molecular weight excluding hydrogens is 387 g/mol. The molecule has 1 aromatic carbocycles. The predicted octanol–water partition coefficient (Wildman–Crippen LogP) is 2.33. The van der Waals surface area contributed by atoms with E-state index < -0.39 is 18.0 Å². The number of aromatic nitrogens is 2. The lowest BCUT2D eigenvalue weighted by molar-refractivity contribution is -0.119. The van der Waals surface area contributed by atoms with Crippen molar-refractivity contribution in [1.29, 1.82) is 0 Å². The maximum Gasteiger partial charge on any atom is 0.414 e. The van der Waals surface area contributed by atoms with Gasteiger partial charge in [-0.05, 0) is 25.1 Å². The van der Waals surface area contributed by atoms with Crippen molar-refractivity contribution in [1.82, 2.24) is 15.5 Å². The van der Waals surface area contributed by atoms with E-state index in [9.17, 15) is 18.8 Å². The summed E-state index contributed by atoms with van der Waals surface area (Å²) in [5.74, 6) is -0.698. The monoisotopic (exact) mass is 406 g/mol. The van der Waals surface area contributed by atoms with Crippen LogP contribution in [0.25, 0.3) is 10.6 Å². The Balaban J connectivity index is 1.71. The van der Waals surface area contributed by atoms with Crippen molar-refractivity contribution in [3.8, 4) is 10.6 Å². The number of hydrogen-bond donors (Lipinski definition) is 1. The third kappa shape index (κ3) is 4.69. The molecule has 1 fully saturated rings. The van der Waals surface area contributed by atoms with Crippen LogP contribution in [-0.4, -0.2) is 47.2 Å². The van der Waals surface area contributed by atoms with Crippen LogP contribution in [0.3, 0.4) is 0 Å². The Kier molecular flexibility index (Phi) is 5.98. The largest absolute Gasteiger partial charge is 0.442 e. The highest BCUT2D eigenvalue weighted by Crippen LogP contribution is 2.31. The standard InChI is InChI=1S/C18H19FN4O4S/c1-10(24)3-6-16-21-22-17(28-16)14-5-4-12(7-15(14)19)23-9-13(27-18(23)26)8-20-11(2)25/h4-5,7,13H,3,6,8-9H2,1-2H3,(H,20,25). The molecule has 1 aliphatic rings. The van der Waals surface area contributed by atoms with Gasteiger partial charge in [-0.25, -0.2) is 9.18 Å². The first-order valence-corrected chi connectivity index (χ1v) is 9.49. The number of nitrogens with one attached hydrogen (secondary N) is 1. The summed E-state index contributed by atoms with van der Waals surface area (Å²) >= 11 is 1.23. The fourth-order valence-corrected chi connectivity index (χ4v) is 3.55. The van der Waals surface area contributed by atoms with Crippen LogP contribution in [0.2, 0.25) is 0 Å². The fourth-order valence-electron chi connectivity index (χ4n) is 2.69. The third-order valence-corrected chi connectivity index (χ3v) is 5.12. The highest BCUT2D eigenvalue weighted by molar-refractivity contribution is 7.14. The summed E-state index contributed by atoms with van der Waals surface area (Å²) in [4.78, 5) is 35.4. The molecular formula is C18H19FN4O4S. The number of carbonyl (C=O) groups is 3. The molecule has 10 heteroatoms. The van der Waals surface area contributed by atoms with E-state index in [-0.39, 0.29) is 30.3 Å². The van der Waals surface area contributed by atoms with Crippen molar-refractivity contribution in [2.45, 2.75) is 32.8 Å². The fraction of sp³-hybridized carbons (Fsp3) is 0.389. The first kappa shape index (κ1) is 19.9. The van der Waals surface area contributed by atoms with Gasteiger partial charge in [-0.1, -0.05) is 11.3 Å². The van der Waals surface area contributed by atoms with Crippen molar-refractivity contribution in [3.63, 3.8) is 0 Å². The van der Waals surface area contributed by atoms with Gasteiger partial charge < -0.3 is 14.8 Å². The van der Waals surface area contributed by atoms with Gasteiger partial charge in [0.25, 0.3) is 0 Å². The summed E-state index contributed by atoms with van der Waals surface area (Å²) < 4.78 is 19.8. The zero-order valence-electron chi connectivity index (χ0n) is 15.4. The van der Waals surface area contributed by atoms with Crippen LogP contribution in [-0.2, 0) is 20.7 Å². The van der Waals surface area contributed by atoms with Crippen LogP contribution in [0, 0.1) is 5.82 Å². The van der Waals surface area contributed by atoms with Gasteiger partial charge in [-0.15, -0.1) is 10.2 Å². The average molecular weight is 406 g/mol. The normalized spacial score (nSPS) is 16.2. The molecule has 2 aromatic rings. The van der Waals surface area contributed by atoms with Crippen molar-refractivity contribution in [3.05, 3.63) is 29.0 Å². The molecule has 0 radical (unpaired) electrons. The van der Waals surface area contributed by atoms with Gasteiger partial charge >= 0.3 is 6.09 Å². The molecule has 0 saturated carbocycles. The molecule has 1 atom stereocenters. The third-order valence-electron chi connectivity index (χ3n) is 4.11. The minimum Gasteiger partial charge on any atom is -0.442 e. The number of ether oxygens (including phenoxy) is 1. The van der Waals surface area contributed by atoms with E-state index >= 15 is 0 Å². The topological polar surface area (TPSA) is 101 Å². The van der Waals surface area contributed by atoms with E-state index in [2.05, 4.69) is 15.5 Å². The maximum atomic E-state index is 14.6. The second kappa shape index (κ2) is 8.42. The molecule has 2 heterocycles. The first-order valence-electron chi connectivity index (χ1n) is 8.68. The van der Waals surface area contributed by atoms with E-state index in [1.54, 1.807) is 6.07 Å². The number of halogens is 1. The number of benzene rings is 1. The Morgan fingerprint density at radius 3 is 2.82 bits per heavy atom. The van der Waals surface area contributed by atoms with Gasteiger partial charge in [0.1, 0.15) is 22.7 Å². The molecule has 28 heavy (non-hydrogen) atoms. The molecule has 148 valence electrons. The van der Waals surface area contributed by atoms with Gasteiger partial charge in [0.2, 0.25) is 5.91 Å². The number of ketones is 1. The van der Waals surface area contributed by atoms with Crippen LogP contribution < -0.4 is 10.2 Å². The Morgan fingerprint density at radius 1 is 1.36 bits per heavy atom. The van der Waals surface area contributed by atoms with E-state index in [0.717, 1.165) is 0 Å². The highest BCUT2D eigenvalue weighted by Gasteiger charge is 2.32. The van der Waals surface area contributed by atoms with Crippen LogP contribution in [0.15, 0.2) is 18.2 Å². The summed E-state index contributed by atoms with van der Waals surface area (Å²) in [6.07, 6.45) is -0.245. The zero-order chi connectivity index (χ0) is 20.3. The summed E-state index contributed by atoms with van der Waals surface area (Å²) in [5.41, 5.74) is 0.635. The Bertz CT molecular complexity index is 917. The van der Waals surface area contributed by atoms with E-state index in [4.69, 9.17) is 4.74 Å². The number of nitrogens with zero attached hydrogens (tertiary/aromatic N) is 3. The lowest BCUT2D eigenvalue weighted by atomic mass is 10.2. The number of Topliss-reactive ketones (excluding diaryl/α,β-unsaturated/α-hetero) is 1. The Morgan fingerprint density at radius 2 is 2.14 bits per heavy atom. The minimum absolute atomic E-state index is 0.0570. The predicted molar refractivity (Wildman–Crippen MR) is 101 cm³/mol. The second-order valence-electron chi connectivity index (χ2n) is 6.42. The molecule has 0 spiro atoms. The summed E-state index contributed by atoms with van der Waals surface area (Å²) in [6.45, 7) is 3.30. The van der Waals surface area contributed by atoms with E-state index in [1.807, 2.05) is 0 Å². The van der Waals surface area contributed by atoms with E-state index in [0.29, 0.717) is 28.5 Å². The molecule has 1 saturated heterocycles. The van der Waals surface area contributed by atoms with Crippen LogP contribution >= 0.6 is 11.3 Å². The highest BCUT2D eigenvalue weighted by atomic mass is 32.1. The molecule has 0 bridgehead atoms. The maximum absolute atomic E-state index is 14.6. The molecule has 1 aromatic heterocycles. The number of carbonyl (C=O) groups excluding carboxylic acids is 3. The van der Waals surface area contributed by atoms with Crippen molar-refractivity contribution in [2.24, 2.45) is 0 Å². The number of hydrogen-bond acceptors (Lipinski definition) is 7. The van der Waals surface area contributed by atoms with Crippen LogP contribution in [0.4, 0.5) is 14.9 Å². The Hall–Kier alpha value is -2.88. The molecule has 1 unspecified atom stereocenters. The van der Waals surface area contributed by atoms with Gasteiger partial charge in [-0.3, -0.25) is 9.69 Å². The SMILES string of the molecule is CC(=O)CCc1nnc(-c2ccc(N3CC(CNC(C)=O)OC3=O)cc2F)s1. The van der Waals surface area contributed by atoms with E-state index in [1.165, 1.54) is 42.2 Å². The van der Waals surface area contributed by atoms with Crippen LogP contribution in [0.5, 0.6) is 0 Å². The van der Waals surface area contributed by atoms with Gasteiger partial charge in [0, 0.05) is 25.3 Å². The van der Waals surface area contributed by atoms with Crippen molar-refractivity contribution >= 4 is 34.8 Å². The molecule has 3 rings (SSSR count). The summed E-state index contributed by atoms with van der Waals surface area (Å²) in [6, 6.07) is 4.39. The smallest absolute Gasteiger partial charge is 0.414 e. The van der Waals surface area contributed by atoms with Crippen molar-refractivity contribution < 1.29 is 23.5 Å². The number of aryl methyl sites for hydroxylation is 1. The molecule has 0 aliphatic carbocycles. The van der Waals surface area contributed by atoms with Gasteiger partial charge in [0.15, 0.2) is 5.01 Å².